The fourth-order valence-electron chi connectivity index (χ4n) is 2.70. The second kappa shape index (κ2) is 8.85. The summed E-state index contributed by atoms with van der Waals surface area (Å²) in [5, 5.41) is 2.72. The fraction of sp³-hybridized carbons (Fsp3) is 0.182. The number of hydrogen-bond donors (Lipinski definition) is 1. The maximum Gasteiger partial charge on any atom is 0.310 e. The maximum absolute atomic E-state index is 12.0. The Hall–Kier alpha value is -3.34. The summed E-state index contributed by atoms with van der Waals surface area (Å²) in [6.07, 6.45) is 1.66. The predicted octanol–water partition coefficient (Wildman–Crippen LogP) is 3.91. The topological polar surface area (TPSA) is 68.5 Å². The lowest BCUT2D eigenvalue weighted by Gasteiger charge is -2.11. The first kappa shape index (κ1) is 18.5. The summed E-state index contributed by atoms with van der Waals surface area (Å²) in [6, 6.07) is 21.0. The highest BCUT2D eigenvalue weighted by Crippen LogP contribution is 2.19. The van der Waals surface area contributed by atoms with Gasteiger partial charge in [-0.3, -0.25) is 9.59 Å². The molecule has 0 saturated heterocycles. The third-order valence-corrected chi connectivity index (χ3v) is 4.12. The van der Waals surface area contributed by atoms with Crippen molar-refractivity contribution in [2.24, 2.45) is 0 Å². The van der Waals surface area contributed by atoms with Crippen LogP contribution in [0.2, 0.25) is 0 Å². The lowest BCUT2D eigenvalue weighted by Crippen LogP contribution is -2.31. The van der Waals surface area contributed by atoms with Crippen LogP contribution in [0.3, 0.4) is 0 Å². The Labute approximate surface area is 158 Å². The summed E-state index contributed by atoms with van der Waals surface area (Å²) < 4.78 is 10.3. The molecule has 0 spiro atoms. The molecule has 0 aliphatic rings. The molecule has 1 heterocycles. The van der Waals surface area contributed by atoms with E-state index in [1.54, 1.807) is 25.3 Å². The molecule has 0 aliphatic carbocycles. The molecule has 1 N–H and O–H groups in total. The second-order valence-electron chi connectivity index (χ2n) is 6.21. The van der Waals surface area contributed by atoms with Crippen molar-refractivity contribution in [2.75, 3.05) is 6.61 Å². The Morgan fingerprint density at radius 3 is 2.33 bits per heavy atom. The van der Waals surface area contributed by atoms with Gasteiger partial charge in [-0.1, -0.05) is 54.6 Å². The summed E-state index contributed by atoms with van der Waals surface area (Å²) >= 11 is 0. The largest absolute Gasteiger partial charge is 0.467 e. The van der Waals surface area contributed by atoms with Crippen LogP contribution in [-0.2, 0) is 20.7 Å². The molecule has 0 aliphatic heterocycles. The van der Waals surface area contributed by atoms with Crippen molar-refractivity contribution >= 4 is 11.9 Å². The van der Waals surface area contributed by atoms with Gasteiger partial charge in [0.15, 0.2) is 6.61 Å². The SMILES string of the molecule is C[C@H](NC(=O)COC(=O)Cc1ccc(-c2ccccc2)cc1)c1ccco1. The van der Waals surface area contributed by atoms with E-state index in [1.807, 2.05) is 54.6 Å². The second-order valence-corrected chi connectivity index (χ2v) is 6.21. The number of benzene rings is 2. The van der Waals surface area contributed by atoms with E-state index in [0.717, 1.165) is 16.7 Å². The molecule has 0 radical (unpaired) electrons. The number of carbonyl (C=O) groups excluding carboxylic acids is 2. The average molecular weight is 363 g/mol. The quantitative estimate of drug-likeness (QED) is 0.646. The Morgan fingerprint density at radius 2 is 1.67 bits per heavy atom. The highest BCUT2D eigenvalue weighted by molar-refractivity contribution is 5.81. The van der Waals surface area contributed by atoms with Gasteiger partial charge >= 0.3 is 5.97 Å². The van der Waals surface area contributed by atoms with Crippen molar-refractivity contribution < 1.29 is 18.7 Å². The zero-order valence-corrected chi connectivity index (χ0v) is 15.1. The molecule has 1 atom stereocenters. The van der Waals surface area contributed by atoms with Crippen molar-refractivity contribution in [3.05, 3.63) is 84.3 Å². The molecule has 1 amide bonds. The van der Waals surface area contributed by atoms with Gasteiger partial charge in [-0.25, -0.2) is 0 Å². The number of amides is 1. The third kappa shape index (κ3) is 5.31. The highest BCUT2D eigenvalue weighted by Gasteiger charge is 2.14. The van der Waals surface area contributed by atoms with Gasteiger partial charge in [-0.05, 0) is 35.7 Å². The van der Waals surface area contributed by atoms with Crippen LogP contribution in [0.5, 0.6) is 0 Å². The van der Waals surface area contributed by atoms with Crippen molar-refractivity contribution in [3.63, 3.8) is 0 Å². The minimum atomic E-state index is -0.441. The zero-order chi connectivity index (χ0) is 19.1. The molecule has 0 fully saturated rings. The molecule has 3 rings (SSSR count). The molecular formula is C22H21NO4. The zero-order valence-electron chi connectivity index (χ0n) is 15.1. The van der Waals surface area contributed by atoms with Crippen molar-refractivity contribution in [2.45, 2.75) is 19.4 Å². The van der Waals surface area contributed by atoms with E-state index < -0.39 is 5.97 Å². The van der Waals surface area contributed by atoms with Crippen LogP contribution in [0, 0.1) is 0 Å². The summed E-state index contributed by atoms with van der Waals surface area (Å²) in [7, 11) is 0. The van der Waals surface area contributed by atoms with E-state index >= 15 is 0 Å². The monoisotopic (exact) mass is 363 g/mol. The summed E-state index contributed by atoms with van der Waals surface area (Å²) in [5.41, 5.74) is 3.04. The molecule has 1 aromatic heterocycles. The minimum Gasteiger partial charge on any atom is -0.467 e. The number of carbonyl (C=O) groups is 2. The van der Waals surface area contributed by atoms with Crippen LogP contribution < -0.4 is 5.32 Å². The molecule has 0 saturated carbocycles. The fourth-order valence-corrected chi connectivity index (χ4v) is 2.70. The van der Waals surface area contributed by atoms with E-state index in [1.165, 1.54) is 0 Å². The van der Waals surface area contributed by atoms with Crippen molar-refractivity contribution in [1.82, 2.24) is 5.32 Å². The van der Waals surface area contributed by atoms with E-state index in [4.69, 9.17) is 9.15 Å². The summed E-state index contributed by atoms with van der Waals surface area (Å²) in [5.74, 6) is -0.164. The van der Waals surface area contributed by atoms with Crippen LogP contribution in [-0.4, -0.2) is 18.5 Å². The molecule has 2 aromatic carbocycles. The van der Waals surface area contributed by atoms with E-state index in [2.05, 4.69) is 5.32 Å². The van der Waals surface area contributed by atoms with Gasteiger partial charge in [0.05, 0.1) is 18.7 Å². The van der Waals surface area contributed by atoms with Gasteiger partial charge < -0.3 is 14.5 Å². The Kier molecular flexibility index (Phi) is 6.05. The number of rotatable bonds is 7. The first-order valence-electron chi connectivity index (χ1n) is 8.74. The van der Waals surface area contributed by atoms with Gasteiger partial charge in [0.25, 0.3) is 5.91 Å². The molecule has 3 aromatic rings. The minimum absolute atomic E-state index is 0.121. The smallest absolute Gasteiger partial charge is 0.310 e. The predicted molar refractivity (Wildman–Crippen MR) is 102 cm³/mol. The van der Waals surface area contributed by atoms with Crippen LogP contribution in [0.25, 0.3) is 11.1 Å². The molecule has 0 unspecified atom stereocenters. The normalized spacial score (nSPS) is 11.6. The van der Waals surface area contributed by atoms with Gasteiger partial charge in [0.2, 0.25) is 0 Å². The summed E-state index contributed by atoms with van der Waals surface area (Å²) in [6.45, 7) is 1.48. The molecule has 5 heteroatoms. The number of esters is 1. The van der Waals surface area contributed by atoms with Crippen molar-refractivity contribution in [1.29, 1.82) is 0 Å². The van der Waals surface area contributed by atoms with Gasteiger partial charge in [-0.2, -0.15) is 0 Å². The van der Waals surface area contributed by atoms with E-state index in [-0.39, 0.29) is 25.0 Å². The number of hydrogen-bond acceptors (Lipinski definition) is 4. The van der Waals surface area contributed by atoms with E-state index in [0.29, 0.717) is 5.76 Å². The number of furan rings is 1. The van der Waals surface area contributed by atoms with E-state index in [9.17, 15) is 9.59 Å². The molecule has 138 valence electrons. The van der Waals surface area contributed by atoms with Gasteiger partial charge in [0, 0.05) is 0 Å². The van der Waals surface area contributed by atoms with Crippen LogP contribution in [0.15, 0.2) is 77.4 Å². The lowest BCUT2D eigenvalue weighted by atomic mass is 10.0. The molecular weight excluding hydrogens is 342 g/mol. The molecule has 5 nitrogen and oxygen atoms in total. The lowest BCUT2D eigenvalue weighted by molar-refractivity contribution is -0.148. The first-order chi connectivity index (χ1) is 13.1. The molecule has 0 bridgehead atoms. The maximum atomic E-state index is 12.0. The Bertz CT molecular complexity index is 870. The van der Waals surface area contributed by atoms with Gasteiger partial charge in [0.1, 0.15) is 5.76 Å². The number of nitrogens with one attached hydrogen (secondary N) is 1. The van der Waals surface area contributed by atoms with Crippen LogP contribution >= 0.6 is 0 Å². The van der Waals surface area contributed by atoms with Crippen molar-refractivity contribution in [3.8, 4) is 11.1 Å². The Balaban J connectivity index is 1.45. The highest BCUT2D eigenvalue weighted by atomic mass is 16.5. The molecule has 27 heavy (non-hydrogen) atoms. The summed E-state index contributed by atoms with van der Waals surface area (Å²) in [4.78, 5) is 23.8. The number of ether oxygens (including phenoxy) is 1. The third-order valence-electron chi connectivity index (χ3n) is 4.12. The average Bonchev–Trinajstić information content (AvgIpc) is 3.23. The Morgan fingerprint density at radius 1 is 0.963 bits per heavy atom. The van der Waals surface area contributed by atoms with Gasteiger partial charge in [-0.15, -0.1) is 0 Å². The van der Waals surface area contributed by atoms with Crippen LogP contribution in [0.1, 0.15) is 24.3 Å². The standard InChI is InChI=1S/C22H21NO4/c1-16(20-8-5-13-26-20)23-21(24)15-27-22(25)14-17-9-11-19(12-10-17)18-6-3-2-4-7-18/h2-13,16H,14-15H2,1H3,(H,23,24)/t16-/m0/s1. The first-order valence-corrected chi connectivity index (χ1v) is 8.74. The van der Waals surface area contributed by atoms with Crippen LogP contribution in [0.4, 0.5) is 0 Å².